The third-order valence-electron chi connectivity index (χ3n) is 0.946. The summed E-state index contributed by atoms with van der Waals surface area (Å²) in [5, 5.41) is 11.4. The molecule has 0 rings (SSSR count). The zero-order chi connectivity index (χ0) is 7.28. The zero-order valence-corrected chi connectivity index (χ0v) is 6.18. The number of nitrogens with zero attached hydrogens (tertiary/aromatic N) is 1. The molecule has 52 valence electrons. The lowest BCUT2D eigenvalue weighted by Crippen LogP contribution is -1.90. The molecule has 2 heteroatoms. The second kappa shape index (κ2) is 4.13. The van der Waals surface area contributed by atoms with Crippen LogP contribution in [0.25, 0.3) is 0 Å². The summed E-state index contributed by atoms with van der Waals surface area (Å²) in [6.45, 7) is 5.90. The SMILES string of the molecule is CCC(C=C(C)C)=NO. The number of oxime groups is 1. The van der Waals surface area contributed by atoms with Crippen molar-refractivity contribution in [1.82, 2.24) is 0 Å². The van der Waals surface area contributed by atoms with Gasteiger partial charge in [0.25, 0.3) is 0 Å². The molecule has 0 aliphatic rings. The molecule has 9 heavy (non-hydrogen) atoms. The van der Waals surface area contributed by atoms with E-state index in [-0.39, 0.29) is 0 Å². The van der Waals surface area contributed by atoms with E-state index in [0.29, 0.717) is 0 Å². The first-order valence-corrected chi connectivity index (χ1v) is 3.06. The number of hydrogen-bond donors (Lipinski definition) is 1. The summed E-state index contributed by atoms with van der Waals surface area (Å²) < 4.78 is 0. The molecule has 1 N–H and O–H groups in total. The van der Waals surface area contributed by atoms with Gasteiger partial charge in [0, 0.05) is 0 Å². The van der Waals surface area contributed by atoms with Crippen LogP contribution in [0, 0.1) is 0 Å². The second-order valence-corrected chi connectivity index (χ2v) is 2.17. The Balaban J connectivity index is 4.01. The minimum absolute atomic E-state index is 0.731. The van der Waals surface area contributed by atoms with E-state index < -0.39 is 0 Å². The quantitative estimate of drug-likeness (QED) is 0.344. The van der Waals surface area contributed by atoms with Crippen LogP contribution in [0.1, 0.15) is 27.2 Å². The fraction of sp³-hybridized carbons (Fsp3) is 0.571. The van der Waals surface area contributed by atoms with Crippen molar-refractivity contribution in [2.45, 2.75) is 27.2 Å². The highest BCUT2D eigenvalue weighted by atomic mass is 16.4. The molecule has 0 saturated heterocycles. The molecule has 0 fully saturated rings. The Kier molecular flexibility index (Phi) is 3.76. The molecule has 0 amide bonds. The predicted molar refractivity (Wildman–Crippen MR) is 38.9 cm³/mol. The summed E-state index contributed by atoms with van der Waals surface area (Å²) in [4.78, 5) is 0. The minimum Gasteiger partial charge on any atom is -0.411 e. The van der Waals surface area contributed by atoms with E-state index in [0.717, 1.165) is 17.7 Å². The molecule has 0 spiro atoms. The molecule has 0 aromatic heterocycles. The lowest BCUT2D eigenvalue weighted by Gasteiger charge is -1.91. The summed E-state index contributed by atoms with van der Waals surface area (Å²) in [5.41, 5.74) is 1.89. The standard InChI is InChI=1S/C7H13NO/c1-4-7(8-9)5-6(2)3/h5,9H,4H2,1-3H3. The first kappa shape index (κ1) is 8.21. The lowest BCUT2D eigenvalue weighted by atomic mass is 10.2. The van der Waals surface area contributed by atoms with Gasteiger partial charge in [-0.2, -0.15) is 0 Å². The maximum Gasteiger partial charge on any atom is 0.0792 e. The van der Waals surface area contributed by atoms with Crippen molar-refractivity contribution < 1.29 is 5.21 Å². The van der Waals surface area contributed by atoms with E-state index >= 15 is 0 Å². The molecular weight excluding hydrogens is 114 g/mol. The van der Waals surface area contributed by atoms with Gasteiger partial charge >= 0.3 is 0 Å². The number of hydrogen-bond acceptors (Lipinski definition) is 2. The van der Waals surface area contributed by atoms with E-state index in [4.69, 9.17) is 5.21 Å². The van der Waals surface area contributed by atoms with Gasteiger partial charge in [-0.25, -0.2) is 0 Å². The molecule has 0 aromatic rings. The van der Waals surface area contributed by atoms with Gasteiger partial charge in [-0.05, 0) is 26.3 Å². The highest BCUT2D eigenvalue weighted by Crippen LogP contribution is 1.93. The van der Waals surface area contributed by atoms with Crippen LogP contribution in [0.2, 0.25) is 0 Å². The highest BCUT2D eigenvalue weighted by Gasteiger charge is 1.88. The van der Waals surface area contributed by atoms with Crippen molar-refractivity contribution in [3.8, 4) is 0 Å². The van der Waals surface area contributed by atoms with Gasteiger partial charge in [-0.15, -0.1) is 0 Å². The summed E-state index contributed by atoms with van der Waals surface area (Å²) in [7, 11) is 0. The maximum atomic E-state index is 8.32. The van der Waals surface area contributed by atoms with Crippen LogP contribution in [-0.2, 0) is 0 Å². The van der Waals surface area contributed by atoms with E-state index in [1.165, 1.54) is 0 Å². The van der Waals surface area contributed by atoms with Gasteiger partial charge < -0.3 is 5.21 Å². The summed E-state index contributed by atoms with van der Waals surface area (Å²) in [5.74, 6) is 0. The van der Waals surface area contributed by atoms with Crippen molar-refractivity contribution in [3.05, 3.63) is 11.6 Å². The molecular formula is C7H13NO. The number of allylic oxidation sites excluding steroid dienone is 2. The second-order valence-electron chi connectivity index (χ2n) is 2.17. The van der Waals surface area contributed by atoms with E-state index in [9.17, 15) is 0 Å². The zero-order valence-electron chi connectivity index (χ0n) is 6.18. The van der Waals surface area contributed by atoms with Crippen LogP contribution >= 0.6 is 0 Å². The van der Waals surface area contributed by atoms with Gasteiger partial charge in [0.05, 0.1) is 5.71 Å². The maximum absolute atomic E-state index is 8.32. The predicted octanol–water partition coefficient (Wildman–Crippen LogP) is 2.19. The van der Waals surface area contributed by atoms with Gasteiger partial charge in [-0.3, -0.25) is 0 Å². The largest absolute Gasteiger partial charge is 0.411 e. The topological polar surface area (TPSA) is 32.6 Å². The van der Waals surface area contributed by atoms with Crippen LogP contribution in [0.4, 0.5) is 0 Å². The van der Waals surface area contributed by atoms with Crippen LogP contribution in [0.3, 0.4) is 0 Å². The smallest absolute Gasteiger partial charge is 0.0792 e. The van der Waals surface area contributed by atoms with Crippen molar-refractivity contribution in [2.24, 2.45) is 5.16 Å². The highest BCUT2D eigenvalue weighted by molar-refractivity contribution is 5.94. The summed E-state index contributed by atoms with van der Waals surface area (Å²) in [6.07, 6.45) is 2.64. The molecule has 0 unspecified atom stereocenters. The Morgan fingerprint density at radius 3 is 2.22 bits per heavy atom. The Bertz CT molecular complexity index is 132. The van der Waals surface area contributed by atoms with Crippen molar-refractivity contribution in [2.75, 3.05) is 0 Å². The van der Waals surface area contributed by atoms with Gasteiger partial charge in [0.2, 0.25) is 0 Å². The van der Waals surface area contributed by atoms with Gasteiger partial charge in [0.15, 0.2) is 0 Å². The Hall–Kier alpha value is -0.790. The molecule has 2 nitrogen and oxygen atoms in total. The molecule has 0 heterocycles. The van der Waals surface area contributed by atoms with E-state index in [2.05, 4.69) is 5.16 Å². The Labute approximate surface area is 55.9 Å². The molecule has 0 atom stereocenters. The monoisotopic (exact) mass is 127 g/mol. The van der Waals surface area contributed by atoms with Crippen LogP contribution < -0.4 is 0 Å². The van der Waals surface area contributed by atoms with Crippen molar-refractivity contribution in [3.63, 3.8) is 0 Å². The third-order valence-corrected chi connectivity index (χ3v) is 0.946. The summed E-state index contributed by atoms with van der Waals surface area (Å²) >= 11 is 0. The fourth-order valence-corrected chi connectivity index (χ4v) is 0.535. The molecule has 0 radical (unpaired) electrons. The Morgan fingerprint density at radius 1 is 1.56 bits per heavy atom. The molecule has 0 aliphatic carbocycles. The first-order chi connectivity index (χ1) is 4.20. The minimum atomic E-state index is 0.731. The first-order valence-electron chi connectivity index (χ1n) is 3.06. The molecule has 0 aliphatic heterocycles. The van der Waals surface area contributed by atoms with E-state index in [1.54, 1.807) is 0 Å². The van der Waals surface area contributed by atoms with Crippen LogP contribution in [0.5, 0.6) is 0 Å². The van der Waals surface area contributed by atoms with Crippen molar-refractivity contribution >= 4 is 5.71 Å². The average Bonchev–Trinajstić information content (AvgIpc) is 1.82. The van der Waals surface area contributed by atoms with E-state index in [1.807, 2.05) is 26.8 Å². The van der Waals surface area contributed by atoms with Gasteiger partial charge in [0.1, 0.15) is 0 Å². The Morgan fingerprint density at radius 2 is 2.11 bits per heavy atom. The lowest BCUT2D eigenvalue weighted by molar-refractivity contribution is 0.318. The number of rotatable bonds is 2. The normalized spacial score (nSPS) is 11.2. The van der Waals surface area contributed by atoms with Gasteiger partial charge in [-0.1, -0.05) is 17.7 Å². The average molecular weight is 127 g/mol. The van der Waals surface area contributed by atoms with Crippen LogP contribution in [-0.4, -0.2) is 10.9 Å². The molecule has 0 bridgehead atoms. The van der Waals surface area contributed by atoms with Crippen molar-refractivity contribution in [1.29, 1.82) is 0 Å². The fourth-order valence-electron chi connectivity index (χ4n) is 0.535. The van der Waals surface area contributed by atoms with Crippen LogP contribution in [0.15, 0.2) is 16.8 Å². The summed E-state index contributed by atoms with van der Waals surface area (Å²) in [6, 6.07) is 0. The third kappa shape index (κ3) is 3.76. The molecule has 0 saturated carbocycles. The molecule has 0 aromatic carbocycles.